The van der Waals surface area contributed by atoms with E-state index in [0.29, 0.717) is 14.9 Å². The van der Waals surface area contributed by atoms with Crippen molar-refractivity contribution in [1.82, 2.24) is 0 Å². The van der Waals surface area contributed by atoms with E-state index in [2.05, 4.69) is 21.2 Å². The Morgan fingerprint density at radius 1 is 1.28 bits per heavy atom. The van der Waals surface area contributed by atoms with E-state index in [1.165, 1.54) is 6.07 Å². The van der Waals surface area contributed by atoms with Crippen LogP contribution in [0.2, 0.25) is 0 Å². The first kappa shape index (κ1) is 13.6. The summed E-state index contributed by atoms with van der Waals surface area (Å²) in [5, 5.41) is 3.15. The third-order valence-electron chi connectivity index (χ3n) is 2.63. The van der Waals surface area contributed by atoms with E-state index in [4.69, 9.17) is 5.73 Å². The van der Waals surface area contributed by atoms with Crippen molar-refractivity contribution < 1.29 is 4.39 Å². The number of nitrogen functional groups attached to an aromatic ring is 1. The molecule has 5 heteroatoms. The monoisotopic (exact) mass is 420 g/mol. The summed E-state index contributed by atoms with van der Waals surface area (Å²) in [6, 6.07) is 8.83. The smallest absolute Gasteiger partial charge is 0.138 e. The molecule has 0 amide bonds. The van der Waals surface area contributed by atoms with Gasteiger partial charge in [-0.3, -0.25) is 0 Å². The first-order valence-electron chi connectivity index (χ1n) is 5.25. The fourth-order valence-electron chi connectivity index (χ4n) is 1.56. The molecule has 2 nitrogen and oxygen atoms in total. The van der Waals surface area contributed by atoms with Crippen molar-refractivity contribution in [2.45, 2.75) is 6.92 Å². The molecule has 0 saturated carbocycles. The summed E-state index contributed by atoms with van der Waals surface area (Å²) in [6.07, 6.45) is 0. The zero-order valence-electron chi connectivity index (χ0n) is 9.60. The zero-order chi connectivity index (χ0) is 13.3. The van der Waals surface area contributed by atoms with Crippen LogP contribution in [-0.2, 0) is 0 Å². The third-order valence-corrected chi connectivity index (χ3v) is 4.32. The van der Waals surface area contributed by atoms with Crippen LogP contribution in [0, 0.1) is 16.3 Å². The SMILES string of the molecule is Cc1c(Br)cccc1Nc1cc(F)c(I)cc1N. The number of hydrogen-bond donors (Lipinski definition) is 2. The molecule has 18 heavy (non-hydrogen) atoms. The molecule has 0 radical (unpaired) electrons. The van der Waals surface area contributed by atoms with Crippen LogP contribution in [0.25, 0.3) is 0 Å². The third kappa shape index (κ3) is 2.77. The van der Waals surface area contributed by atoms with Gasteiger partial charge in [-0.25, -0.2) is 4.39 Å². The summed E-state index contributed by atoms with van der Waals surface area (Å²) in [5.41, 5.74) is 8.94. The maximum Gasteiger partial charge on any atom is 0.138 e. The van der Waals surface area contributed by atoms with E-state index in [1.807, 2.05) is 47.7 Å². The van der Waals surface area contributed by atoms with E-state index in [9.17, 15) is 4.39 Å². The molecule has 0 spiro atoms. The molecule has 2 aromatic carbocycles. The van der Waals surface area contributed by atoms with Crippen molar-refractivity contribution in [1.29, 1.82) is 0 Å². The average Bonchev–Trinajstić information content (AvgIpc) is 2.32. The number of halogens is 3. The van der Waals surface area contributed by atoms with Crippen LogP contribution >= 0.6 is 38.5 Å². The van der Waals surface area contributed by atoms with E-state index in [0.717, 1.165) is 15.7 Å². The van der Waals surface area contributed by atoms with Gasteiger partial charge in [-0.05, 0) is 53.3 Å². The topological polar surface area (TPSA) is 38.0 Å². The fourth-order valence-corrected chi connectivity index (χ4v) is 2.42. The summed E-state index contributed by atoms with van der Waals surface area (Å²) in [5.74, 6) is -0.278. The lowest BCUT2D eigenvalue weighted by Gasteiger charge is -2.13. The zero-order valence-corrected chi connectivity index (χ0v) is 13.3. The lowest BCUT2D eigenvalue weighted by molar-refractivity contribution is 0.621. The van der Waals surface area contributed by atoms with E-state index < -0.39 is 0 Å². The summed E-state index contributed by atoms with van der Waals surface area (Å²) in [6.45, 7) is 1.98. The van der Waals surface area contributed by atoms with E-state index in [1.54, 1.807) is 6.07 Å². The summed E-state index contributed by atoms with van der Waals surface area (Å²) in [7, 11) is 0. The van der Waals surface area contributed by atoms with Crippen molar-refractivity contribution >= 4 is 55.6 Å². The molecule has 0 aliphatic carbocycles. The van der Waals surface area contributed by atoms with Gasteiger partial charge in [0.1, 0.15) is 5.82 Å². The van der Waals surface area contributed by atoms with E-state index >= 15 is 0 Å². The van der Waals surface area contributed by atoms with Crippen LogP contribution in [-0.4, -0.2) is 0 Å². The van der Waals surface area contributed by atoms with Crippen LogP contribution in [0.4, 0.5) is 21.5 Å². The van der Waals surface area contributed by atoms with Crippen LogP contribution in [0.3, 0.4) is 0 Å². The fraction of sp³-hybridized carbons (Fsp3) is 0.0769. The van der Waals surface area contributed by atoms with Crippen LogP contribution in [0.5, 0.6) is 0 Å². The molecule has 2 aromatic rings. The molecule has 0 saturated heterocycles. The van der Waals surface area contributed by atoms with Crippen molar-refractivity contribution in [3.05, 3.63) is 49.8 Å². The van der Waals surface area contributed by atoms with Crippen molar-refractivity contribution in [3.8, 4) is 0 Å². The van der Waals surface area contributed by atoms with Crippen LogP contribution in [0.1, 0.15) is 5.56 Å². The highest BCUT2D eigenvalue weighted by Gasteiger charge is 2.08. The van der Waals surface area contributed by atoms with Gasteiger partial charge in [0.2, 0.25) is 0 Å². The molecule has 0 aliphatic rings. The van der Waals surface area contributed by atoms with Gasteiger partial charge in [0, 0.05) is 16.2 Å². The first-order valence-corrected chi connectivity index (χ1v) is 7.13. The second-order valence-electron chi connectivity index (χ2n) is 3.89. The minimum absolute atomic E-state index is 0.278. The molecular weight excluding hydrogens is 410 g/mol. The molecule has 0 aliphatic heterocycles. The number of anilines is 3. The molecule has 94 valence electrons. The molecule has 0 aromatic heterocycles. The van der Waals surface area contributed by atoms with Crippen LogP contribution < -0.4 is 11.1 Å². The second kappa shape index (κ2) is 5.44. The van der Waals surface area contributed by atoms with Gasteiger partial charge in [-0.2, -0.15) is 0 Å². The van der Waals surface area contributed by atoms with Gasteiger partial charge in [0.15, 0.2) is 0 Å². The van der Waals surface area contributed by atoms with Gasteiger partial charge in [-0.1, -0.05) is 22.0 Å². The van der Waals surface area contributed by atoms with Crippen molar-refractivity contribution in [2.75, 3.05) is 11.1 Å². The van der Waals surface area contributed by atoms with Gasteiger partial charge < -0.3 is 11.1 Å². The summed E-state index contributed by atoms with van der Waals surface area (Å²) in [4.78, 5) is 0. The molecule has 0 heterocycles. The van der Waals surface area contributed by atoms with Gasteiger partial charge in [0.25, 0.3) is 0 Å². The highest BCUT2D eigenvalue weighted by Crippen LogP contribution is 2.30. The Morgan fingerprint density at radius 2 is 2.00 bits per heavy atom. The first-order chi connectivity index (χ1) is 8.49. The summed E-state index contributed by atoms with van der Waals surface area (Å²) < 4.78 is 15.0. The number of nitrogens with one attached hydrogen (secondary N) is 1. The van der Waals surface area contributed by atoms with Gasteiger partial charge in [0.05, 0.1) is 14.9 Å². The van der Waals surface area contributed by atoms with Gasteiger partial charge >= 0.3 is 0 Å². The van der Waals surface area contributed by atoms with Crippen molar-refractivity contribution in [3.63, 3.8) is 0 Å². The molecule has 3 N–H and O–H groups in total. The Bertz CT molecular complexity index is 602. The average molecular weight is 421 g/mol. The highest BCUT2D eigenvalue weighted by atomic mass is 127. The predicted octanol–water partition coefficient (Wildman–Crippen LogP) is 4.83. The summed E-state index contributed by atoms with van der Waals surface area (Å²) >= 11 is 5.38. The molecular formula is C13H11BrFIN2. The van der Waals surface area contributed by atoms with Crippen LogP contribution in [0.15, 0.2) is 34.8 Å². The molecule has 0 unspecified atom stereocenters. The Morgan fingerprint density at radius 3 is 2.72 bits per heavy atom. The quantitative estimate of drug-likeness (QED) is 0.539. The van der Waals surface area contributed by atoms with Crippen molar-refractivity contribution in [2.24, 2.45) is 0 Å². The predicted molar refractivity (Wildman–Crippen MR) is 85.7 cm³/mol. The Kier molecular flexibility index (Phi) is 4.11. The Balaban J connectivity index is 2.40. The Hall–Kier alpha value is -0.820. The maximum atomic E-state index is 13.5. The second-order valence-corrected chi connectivity index (χ2v) is 5.91. The normalized spacial score (nSPS) is 10.4. The minimum atomic E-state index is -0.278. The number of rotatable bonds is 2. The molecule has 2 rings (SSSR count). The van der Waals surface area contributed by atoms with E-state index in [-0.39, 0.29) is 5.82 Å². The van der Waals surface area contributed by atoms with Gasteiger partial charge in [-0.15, -0.1) is 0 Å². The largest absolute Gasteiger partial charge is 0.397 e. The lowest BCUT2D eigenvalue weighted by atomic mass is 10.2. The Labute approximate surface area is 127 Å². The standard InChI is InChI=1S/C13H11BrFIN2/c1-7-8(14)3-2-4-12(7)18-13-5-9(15)10(16)6-11(13)17/h2-6,18H,17H2,1H3. The molecule has 0 fully saturated rings. The number of hydrogen-bond acceptors (Lipinski definition) is 2. The molecule has 0 bridgehead atoms. The highest BCUT2D eigenvalue weighted by molar-refractivity contribution is 14.1. The minimum Gasteiger partial charge on any atom is -0.397 e. The number of benzene rings is 2. The molecule has 0 atom stereocenters. The lowest BCUT2D eigenvalue weighted by Crippen LogP contribution is -2.00. The maximum absolute atomic E-state index is 13.5. The number of nitrogens with two attached hydrogens (primary N) is 1.